The van der Waals surface area contributed by atoms with Crippen molar-refractivity contribution < 1.29 is 9.59 Å². The molecule has 0 unspecified atom stereocenters. The summed E-state index contributed by atoms with van der Waals surface area (Å²) in [6.07, 6.45) is 8.74. The zero-order chi connectivity index (χ0) is 18.8. The van der Waals surface area contributed by atoms with Crippen LogP contribution in [0, 0.1) is 5.92 Å². The molecule has 6 heteroatoms. The Bertz CT molecular complexity index is 836. The molecule has 1 aliphatic heterocycles. The Hall–Kier alpha value is -2.24. The lowest BCUT2D eigenvalue weighted by Gasteiger charge is -2.32. The fourth-order valence-electron chi connectivity index (χ4n) is 4.64. The molecule has 1 saturated heterocycles. The van der Waals surface area contributed by atoms with E-state index in [-0.39, 0.29) is 11.8 Å². The van der Waals surface area contributed by atoms with Gasteiger partial charge < -0.3 is 4.90 Å². The van der Waals surface area contributed by atoms with E-state index in [1.54, 1.807) is 6.20 Å². The fraction of sp³-hybridized carbons (Fsp3) is 0.619. The number of amides is 1. The first-order valence-electron chi connectivity index (χ1n) is 10.2. The Morgan fingerprint density at radius 3 is 2.81 bits per heavy atom. The highest BCUT2D eigenvalue weighted by atomic mass is 16.2. The van der Waals surface area contributed by atoms with E-state index in [0.29, 0.717) is 24.5 Å². The maximum Gasteiger partial charge on any atom is 0.222 e. The monoisotopic (exact) mass is 368 g/mol. The Labute approximate surface area is 159 Å². The number of pyridine rings is 1. The molecule has 1 amide bonds. The first kappa shape index (κ1) is 18.1. The van der Waals surface area contributed by atoms with Crippen molar-refractivity contribution in [2.75, 3.05) is 13.1 Å². The van der Waals surface area contributed by atoms with Crippen molar-refractivity contribution in [3.63, 3.8) is 0 Å². The number of aryl methyl sites for hydroxylation is 1. The molecule has 1 aliphatic carbocycles. The topological polar surface area (TPSA) is 68.1 Å². The number of likely N-dealkylation sites (tertiary alicyclic amines) is 1. The van der Waals surface area contributed by atoms with Crippen LogP contribution in [-0.2, 0) is 16.6 Å². The number of hydrogen-bond acceptors (Lipinski definition) is 4. The van der Waals surface area contributed by atoms with Crippen LogP contribution in [-0.4, -0.2) is 44.4 Å². The van der Waals surface area contributed by atoms with Gasteiger partial charge in [0, 0.05) is 56.4 Å². The molecule has 2 aromatic heterocycles. The van der Waals surface area contributed by atoms with Gasteiger partial charge in [0.05, 0.1) is 5.69 Å². The molecule has 3 heterocycles. The number of ketones is 1. The molecule has 0 aromatic carbocycles. The van der Waals surface area contributed by atoms with Crippen molar-refractivity contribution in [1.29, 1.82) is 0 Å². The third-order valence-corrected chi connectivity index (χ3v) is 6.25. The van der Waals surface area contributed by atoms with Crippen LogP contribution < -0.4 is 0 Å². The Morgan fingerprint density at radius 1 is 1.22 bits per heavy atom. The SMILES string of the molecule is Cn1nc(C2CCN(C(=O)CC[C@@H]3CCCCC3=O)CC2)c2cccnc21. The summed E-state index contributed by atoms with van der Waals surface area (Å²) < 4.78 is 1.85. The third kappa shape index (κ3) is 3.75. The van der Waals surface area contributed by atoms with Gasteiger partial charge in [0.25, 0.3) is 0 Å². The summed E-state index contributed by atoms with van der Waals surface area (Å²) in [5.74, 6) is 1.07. The van der Waals surface area contributed by atoms with Gasteiger partial charge >= 0.3 is 0 Å². The lowest BCUT2D eigenvalue weighted by Crippen LogP contribution is -2.38. The normalized spacial score (nSPS) is 21.7. The number of Topliss-reactive ketones (excluding diaryl/α,β-unsaturated/α-hetero) is 1. The van der Waals surface area contributed by atoms with Crippen LogP contribution in [0.15, 0.2) is 18.3 Å². The fourth-order valence-corrected chi connectivity index (χ4v) is 4.64. The molecule has 6 nitrogen and oxygen atoms in total. The summed E-state index contributed by atoms with van der Waals surface area (Å²) in [6.45, 7) is 1.56. The molecular weight excluding hydrogens is 340 g/mol. The zero-order valence-corrected chi connectivity index (χ0v) is 16.1. The van der Waals surface area contributed by atoms with E-state index < -0.39 is 0 Å². The highest BCUT2D eigenvalue weighted by Crippen LogP contribution is 2.32. The molecular formula is C21H28N4O2. The van der Waals surface area contributed by atoms with Crippen molar-refractivity contribution >= 4 is 22.7 Å². The van der Waals surface area contributed by atoms with Crippen LogP contribution in [0.4, 0.5) is 0 Å². The average molecular weight is 368 g/mol. The molecule has 144 valence electrons. The lowest BCUT2D eigenvalue weighted by molar-refractivity contribution is -0.133. The minimum atomic E-state index is 0.118. The van der Waals surface area contributed by atoms with E-state index in [1.807, 2.05) is 22.7 Å². The molecule has 0 radical (unpaired) electrons. The van der Waals surface area contributed by atoms with E-state index in [4.69, 9.17) is 5.10 Å². The van der Waals surface area contributed by atoms with Gasteiger partial charge in [0.2, 0.25) is 5.91 Å². The second kappa shape index (κ2) is 7.79. The first-order chi connectivity index (χ1) is 13.1. The van der Waals surface area contributed by atoms with Gasteiger partial charge in [-0.05, 0) is 44.2 Å². The Morgan fingerprint density at radius 2 is 2.04 bits per heavy atom. The summed E-state index contributed by atoms with van der Waals surface area (Å²) in [7, 11) is 1.93. The van der Waals surface area contributed by atoms with E-state index in [0.717, 1.165) is 68.3 Å². The molecule has 0 spiro atoms. The van der Waals surface area contributed by atoms with Crippen LogP contribution in [0.5, 0.6) is 0 Å². The molecule has 0 bridgehead atoms. The van der Waals surface area contributed by atoms with Crippen LogP contribution in [0.3, 0.4) is 0 Å². The lowest BCUT2D eigenvalue weighted by atomic mass is 9.84. The van der Waals surface area contributed by atoms with Crippen molar-refractivity contribution in [3.8, 4) is 0 Å². The number of aromatic nitrogens is 3. The third-order valence-electron chi connectivity index (χ3n) is 6.25. The maximum atomic E-state index is 12.6. The molecule has 0 N–H and O–H groups in total. The van der Waals surface area contributed by atoms with Crippen molar-refractivity contribution in [2.24, 2.45) is 13.0 Å². The predicted octanol–water partition coefficient (Wildman–Crippen LogP) is 3.21. The summed E-state index contributed by atoms with van der Waals surface area (Å²) in [5.41, 5.74) is 2.03. The number of piperidine rings is 1. The van der Waals surface area contributed by atoms with E-state index >= 15 is 0 Å². The van der Waals surface area contributed by atoms with Crippen LogP contribution >= 0.6 is 0 Å². The minimum Gasteiger partial charge on any atom is -0.343 e. The minimum absolute atomic E-state index is 0.118. The number of hydrogen-bond donors (Lipinski definition) is 0. The van der Waals surface area contributed by atoms with Gasteiger partial charge in [0.1, 0.15) is 5.78 Å². The summed E-state index contributed by atoms with van der Waals surface area (Å²) in [5, 5.41) is 5.83. The molecule has 27 heavy (non-hydrogen) atoms. The van der Waals surface area contributed by atoms with Crippen molar-refractivity contribution in [1.82, 2.24) is 19.7 Å². The predicted molar refractivity (Wildman–Crippen MR) is 103 cm³/mol. The van der Waals surface area contributed by atoms with Crippen LogP contribution in [0.25, 0.3) is 11.0 Å². The number of fused-ring (bicyclic) bond motifs is 1. The zero-order valence-electron chi connectivity index (χ0n) is 16.1. The number of carbonyl (C=O) groups is 2. The molecule has 2 fully saturated rings. The summed E-state index contributed by atoms with van der Waals surface area (Å²) in [4.78, 5) is 30.9. The summed E-state index contributed by atoms with van der Waals surface area (Å²) >= 11 is 0. The van der Waals surface area contributed by atoms with Gasteiger partial charge in [-0.2, -0.15) is 5.10 Å². The largest absolute Gasteiger partial charge is 0.343 e. The highest BCUT2D eigenvalue weighted by Gasteiger charge is 2.28. The van der Waals surface area contributed by atoms with Gasteiger partial charge in [-0.25, -0.2) is 4.98 Å². The van der Waals surface area contributed by atoms with E-state index in [2.05, 4.69) is 11.1 Å². The number of nitrogens with zero attached hydrogens (tertiary/aromatic N) is 4. The van der Waals surface area contributed by atoms with Crippen LogP contribution in [0.1, 0.15) is 63.0 Å². The van der Waals surface area contributed by atoms with E-state index in [9.17, 15) is 9.59 Å². The first-order valence-corrected chi connectivity index (χ1v) is 10.2. The second-order valence-electron chi connectivity index (χ2n) is 7.99. The molecule has 4 rings (SSSR count). The smallest absolute Gasteiger partial charge is 0.222 e. The van der Waals surface area contributed by atoms with Gasteiger partial charge in [-0.3, -0.25) is 14.3 Å². The van der Waals surface area contributed by atoms with Crippen molar-refractivity contribution in [2.45, 2.75) is 57.3 Å². The van der Waals surface area contributed by atoms with E-state index in [1.165, 1.54) is 0 Å². The maximum absolute atomic E-state index is 12.6. The number of carbonyl (C=O) groups excluding carboxylic acids is 2. The van der Waals surface area contributed by atoms with Crippen LogP contribution in [0.2, 0.25) is 0 Å². The Kier molecular flexibility index (Phi) is 5.23. The quantitative estimate of drug-likeness (QED) is 0.831. The average Bonchev–Trinajstić information content (AvgIpc) is 3.04. The van der Waals surface area contributed by atoms with Gasteiger partial charge in [-0.1, -0.05) is 6.42 Å². The summed E-state index contributed by atoms with van der Waals surface area (Å²) in [6, 6.07) is 4.04. The van der Waals surface area contributed by atoms with Gasteiger partial charge in [-0.15, -0.1) is 0 Å². The number of rotatable bonds is 4. The molecule has 1 atom stereocenters. The highest BCUT2D eigenvalue weighted by molar-refractivity contribution is 5.83. The van der Waals surface area contributed by atoms with Crippen molar-refractivity contribution in [3.05, 3.63) is 24.0 Å². The molecule has 2 aromatic rings. The molecule has 1 saturated carbocycles. The standard InChI is InChI=1S/C21H28N4O2/c1-24-21-17(6-4-12-22-21)20(23-24)16-10-13-25(14-11-16)19(27)9-8-15-5-2-3-7-18(15)26/h4,6,12,15-16H,2-3,5,7-11,13-14H2,1H3/t15-/m0/s1. The van der Waals surface area contributed by atoms with Gasteiger partial charge in [0.15, 0.2) is 5.65 Å². The molecule has 2 aliphatic rings. The second-order valence-corrected chi connectivity index (χ2v) is 7.99. The Balaban J connectivity index is 1.33.